The number of ether oxygens (including phenoxy) is 1. The first-order valence-corrected chi connectivity index (χ1v) is 5.07. The predicted octanol–water partition coefficient (Wildman–Crippen LogP) is 2.58. The molecular formula is C12H11NO3. The lowest BCUT2D eigenvalue weighted by molar-refractivity contribution is 0.0331. The Hall–Kier alpha value is -1.97. The maximum absolute atomic E-state index is 11.7. The third kappa shape index (κ3) is 0.961. The molecule has 0 amide bonds. The third-order valence-corrected chi connectivity index (χ3v) is 3.01. The molecule has 0 fully saturated rings. The Labute approximate surface area is 92.1 Å². The molecule has 0 aliphatic carbocycles. The van der Waals surface area contributed by atoms with Crippen LogP contribution in [0.1, 0.15) is 19.4 Å². The molecule has 1 aliphatic heterocycles. The number of hydrogen-bond acceptors (Lipinski definition) is 3. The van der Waals surface area contributed by atoms with Gasteiger partial charge in [0.15, 0.2) is 0 Å². The molecule has 0 atom stereocenters. The van der Waals surface area contributed by atoms with Crippen molar-refractivity contribution in [1.82, 2.24) is 4.57 Å². The molecule has 4 heteroatoms. The van der Waals surface area contributed by atoms with Crippen LogP contribution < -0.4 is 0 Å². The fourth-order valence-electron chi connectivity index (χ4n) is 2.21. The van der Waals surface area contributed by atoms with Crippen LogP contribution in [-0.2, 0) is 10.3 Å². The summed E-state index contributed by atoms with van der Waals surface area (Å²) in [6.07, 6.45) is 1.21. The van der Waals surface area contributed by atoms with Crippen LogP contribution in [0.2, 0.25) is 0 Å². The van der Waals surface area contributed by atoms with Crippen LogP contribution >= 0.6 is 0 Å². The summed E-state index contributed by atoms with van der Waals surface area (Å²) in [7, 11) is 0. The monoisotopic (exact) mass is 217 g/mol. The molecule has 4 nitrogen and oxygen atoms in total. The van der Waals surface area contributed by atoms with Gasteiger partial charge in [-0.15, -0.1) is 0 Å². The predicted molar refractivity (Wildman–Crippen MR) is 58.5 cm³/mol. The number of hydrogen-bond donors (Lipinski definition) is 1. The highest BCUT2D eigenvalue weighted by molar-refractivity contribution is 5.97. The number of carbonyl (C=O) groups is 1. The Morgan fingerprint density at radius 2 is 2.06 bits per heavy atom. The topological polar surface area (TPSA) is 51.5 Å². The summed E-state index contributed by atoms with van der Waals surface area (Å²) in [4.78, 5) is 11.7. The number of nitrogens with zero attached hydrogens (tertiary/aromatic N) is 1. The van der Waals surface area contributed by atoms with Crippen LogP contribution in [-0.4, -0.2) is 15.8 Å². The zero-order valence-corrected chi connectivity index (χ0v) is 9.02. The van der Waals surface area contributed by atoms with E-state index < -0.39 is 11.7 Å². The van der Waals surface area contributed by atoms with Gasteiger partial charge in [-0.25, -0.2) is 4.79 Å². The minimum atomic E-state index is -0.655. The largest absolute Gasteiger partial charge is 0.507 e. The SMILES string of the molecule is CC1(C)OC(=O)n2ccc3c(O)ccc1c32. The Morgan fingerprint density at radius 3 is 2.81 bits per heavy atom. The van der Waals surface area contributed by atoms with Crippen LogP contribution in [0.3, 0.4) is 0 Å². The smallest absolute Gasteiger partial charge is 0.419 e. The maximum atomic E-state index is 11.7. The molecule has 1 aliphatic rings. The van der Waals surface area contributed by atoms with Gasteiger partial charge in [-0.1, -0.05) is 0 Å². The zero-order chi connectivity index (χ0) is 11.5. The molecule has 1 N–H and O–H groups in total. The fraction of sp³-hybridized carbons (Fsp3) is 0.250. The Bertz CT molecular complexity index is 610. The summed E-state index contributed by atoms with van der Waals surface area (Å²) >= 11 is 0. The van der Waals surface area contributed by atoms with Gasteiger partial charge < -0.3 is 9.84 Å². The van der Waals surface area contributed by atoms with Gasteiger partial charge in [0.2, 0.25) is 0 Å². The van der Waals surface area contributed by atoms with Gasteiger partial charge in [-0.2, -0.15) is 0 Å². The van der Waals surface area contributed by atoms with Crippen molar-refractivity contribution in [1.29, 1.82) is 0 Å². The third-order valence-electron chi connectivity index (χ3n) is 3.01. The minimum Gasteiger partial charge on any atom is -0.507 e. The number of phenolic OH excluding ortho intramolecular Hbond substituents is 1. The second-order valence-corrected chi connectivity index (χ2v) is 4.46. The van der Waals surface area contributed by atoms with Gasteiger partial charge in [-0.05, 0) is 32.0 Å². The lowest BCUT2D eigenvalue weighted by Gasteiger charge is -2.31. The summed E-state index contributed by atoms with van der Waals surface area (Å²) in [6.45, 7) is 3.68. The van der Waals surface area contributed by atoms with Crippen LogP contribution in [0.15, 0.2) is 24.4 Å². The van der Waals surface area contributed by atoms with E-state index in [2.05, 4.69) is 0 Å². The molecule has 1 aromatic carbocycles. The highest BCUT2D eigenvalue weighted by Crippen LogP contribution is 2.39. The number of carbonyl (C=O) groups excluding carboxylic acids is 1. The van der Waals surface area contributed by atoms with E-state index in [-0.39, 0.29) is 5.75 Å². The van der Waals surface area contributed by atoms with Gasteiger partial charge >= 0.3 is 6.09 Å². The summed E-state index contributed by atoms with van der Waals surface area (Å²) in [5.41, 5.74) is 0.989. The normalized spacial score (nSPS) is 17.5. The highest BCUT2D eigenvalue weighted by atomic mass is 16.6. The Balaban J connectivity index is 2.51. The van der Waals surface area contributed by atoms with E-state index in [1.165, 1.54) is 4.57 Å². The lowest BCUT2D eigenvalue weighted by atomic mass is 9.94. The van der Waals surface area contributed by atoms with Crippen LogP contribution in [0.4, 0.5) is 4.79 Å². The standard InChI is InChI=1S/C12H11NO3/c1-12(2)8-3-4-9(14)7-5-6-13(10(7)8)11(15)16-12/h3-6,14H,1-2H3. The van der Waals surface area contributed by atoms with Gasteiger partial charge in [-0.3, -0.25) is 4.57 Å². The molecule has 0 saturated carbocycles. The molecular weight excluding hydrogens is 206 g/mol. The molecule has 2 heterocycles. The first-order valence-electron chi connectivity index (χ1n) is 5.07. The molecule has 2 aromatic rings. The molecule has 1 aromatic heterocycles. The van der Waals surface area contributed by atoms with Gasteiger partial charge in [0.25, 0.3) is 0 Å². The van der Waals surface area contributed by atoms with Crippen molar-refractivity contribution in [3.8, 4) is 5.75 Å². The molecule has 0 unspecified atom stereocenters. The van der Waals surface area contributed by atoms with Crippen LogP contribution in [0, 0.1) is 0 Å². The maximum Gasteiger partial charge on any atom is 0.419 e. The van der Waals surface area contributed by atoms with E-state index in [9.17, 15) is 9.90 Å². The molecule has 82 valence electrons. The summed E-state index contributed by atoms with van der Waals surface area (Å²) < 4.78 is 6.76. The molecule has 16 heavy (non-hydrogen) atoms. The quantitative estimate of drug-likeness (QED) is 0.737. The van der Waals surface area contributed by atoms with Crippen molar-refractivity contribution in [3.05, 3.63) is 30.0 Å². The molecule has 0 radical (unpaired) electrons. The number of aromatic nitrogens is 1. The van der Waals surface area contributed by atoms with Crippen LogP contribution in [0.25, 0.3) is 10.9 Å². The fourth-order valence-corrected chi connectivity index (χ4v) is 2.21. The van der Waals surface area contributed by atoms with E-state index >= 15 is 0 Å². The van der Waals surface area contributed by atoms with Crippen molar-refractivity contribution < 1.29 is 14.6 Å². The van der Waals surface area contributed by atoms with Crippen molar-refractivity contribution >= 4 is 17.0 Å². The van der Waals surface area contributed by atoms with Gasteiger partial charge in [0.1, 0.15) is 11.4 Å². The number of benzene rings is 1. The van der Waals surface area contributed by atoms with E-state index in [1.807, 2.05) is 13.8 Å². The van der Waals surface area contributed by atoms with E-state index in [0.29, 0.717) is 5.39 Å². The lowest BCUT2D eigenvalue weighted by Crippen LogP contribution is -2.33. The minimum absolute atomic E-state index is 0.183. The van der Waals surface area contributed by atoms with E-state index in [0.717, 1.165) is 11.1 Å². The van der Waals surface area contributed by atoms with E-state index in [1.54, 1.807) is 24.4 Å². The summed E-state index contributed by atoms with van der Waals surface area (Å²) in [5, 5.41) is 10.4. The van der Waals surface area contributed by atoms with Crippen molar-refractivity contribution in [3.63, 3.8) is 0 Å². The zero-order valence-electron chi connectivity index (χ0n) is 9.02. The van der Waals surface area contributed by atoms with Gasteiger partial charge in [0, 0.05) is 17.1 Å². The molecule has 0 saturated heterocycles. The van der Waals surface area contributed by atoms with E-state index in [4.69, 9.17) is 4.74 Å². The summed E-state index contributed by atoms with van der Waals surface area (Å²) in [5.74, 6) is 0.183. The average Bonchev–Trinajstić information content (AvgIpc) is 2.60. The number of cyclic esters (lactones) is 1. The first kappa shape index (κ1) is 9.27. The second kappa shape index (κ2) is 2.58. The average molecular weight is 217 g/mol. The number of phenols is 1. The van der Waals surface area contributed by atoms with Crippen molar-refractivity contribution in [2.75, 3.05) is 0 Å². The Kier molecular flexibility index (Phi) is 1.50. The molecule has 3 rings (SSSR count). The number of rotatable bonds is 0. The highest BCUT2D eigenvalue weighted by Gasteiger charge is 2.35. The Morgan fingerprint density at radius 1 is 1.31 bits per heavy atom. The molecule has 0 spiro atoms. The number of aromatic hydroxyl groups is 1. The first-order chi connectivity index (χ1) is 7.50. The summed E-state index contributed by atoms with van der Waals surface area (Å²) in [6, 6.07) is 5.14. The second-order valence-electron chi connectivity index (χ2n) is 4.46. The van der Waals surface area contributed by atoms with Crippen molar-refractivity contribution in [2.45, 2.75) is 19.4 Å². The molecule has 0 bridgehead atoms. The van der Waals surface area contributed by atoms with Crippen LogP contribution in [0.5, 0.6) is 5.75 Å². The van der Waals surface area contributed by atoms with Gasteiger partial charge in [0.05, 0.1) is 5.52 Å². The van der Waals surface area contributed by atoms with Crippen molar-refractivity contribution in [2.24, 2.45) is 0 Å².